The standard InChI is InChI=1S/C49H44N2/c1-3-4-7-20-35(2)38-25-12-15-32-45(38)50-48-39(36-21-8-5-9-22-36)28-18-30-43(48)44-31-19-29-40(37-23-10-6-11-24-37)49(44)51-46-33-16-13-26-41(46)42-27-14-17-34-47(42)51/h5,7-8,10,12-21,23-34,50H,2-4,6,9,11,22H2,1H3/b20-7-. The van der Waals surface area contributed by atoms with Gasteiger partial charge in [0.05, 0.1) is 22.4 Å². The van der Waals surface area contributed by atoms with Gasteiger partial charge in [-0.15, -0.1) is 0 Å². The normalized spacial score (nSPS) is 14.3. The largest absolute Gasteiger partial charge is 0.354 e. The van der Waals surface area contributed by atoms with Crippen molar-refractivity contribution in [2.75, 3.05) is 5.32 Å². The third-order valence-corrected chi connectivity index (χ3v) is 10.2. The van der Waals surface area contributed by atoms with Crippen LogP contribution in [-0.4, -0.2) is 4.57 Å². The predicted octanol–water partition coefficient (Wildman–Crippen LogP) is 14.0. The summed E-state index contributed by atoms with van der Waals surface area (Å²) in [7, 11) is 0. The third-order valence-electron chi connectivity index (χ3n) is 10.2. The number of benzene rings is 5. The molecule has 1 aromatic heterocycles. The first-order valence-electron chi connectivity index (χ1n) is 18.4. The minimum atomic E-state index is 1.00. The lowest BCUT2D eigenvalue weighted by Gasteiger charge is -2.25. The van der Waals surface area contributed by atoms with Crippen LogP contribution < -0.4 is 5.32 Å². The highest BCUT2D eigenvalue weighted by Gasteiger charge is 2.23. The molecule has 2 heteroatoms. The fraction of sp³-hybridized carbons (Fsp3) is 0.143. The van der Waals surface area contributed by atoms with Gasteiger partial charge in [0.15, 0.2) is 0 Å². The van der Waals surface area contributed by atoms with Crippen molar-refractivity contribution in [1.29, 1.82) is 0 Å². The second-order valence-corrected chi connectivity index (χ2v) is 13.5. The molecule has 0 radical (unpaired) electrons. The maximum absolute atomic E-state index is 4.50. The number of hydrogen-bond acceptors (Lipinski definition) is 1. The van der Waals surface area contributed by atoms with E-state index in [1.165, 1.54) is 60.9 Å². The number of para-hydroxylation sites is 5. The van der Waals surface area contributed by atoms with Gasteiger partial charge in [-0.05, 0) is 67.0 Å². The van der Waals surface area contributed by atoms with Crippen molar-refractivity contribution in [3.05, 3.63) is 181 Å². The molecule has 0 bridgehead atoms. The molecule has 5 aromatic carbocycles. The Morgan fingerprint density at radius 3 is 2.16 bits per heavy atom. The molecule has 0 saturated carbocycles. The number of nitrogens with zero attached hydrogens (tertiary/aromatic N) is 1. The van der Waals surface area contributed by atoms with Gasteiger partial charge in [0.1, 0.15) is 0 Å². The summed E-state index contributed by atoms with van der Waals surface area (Å²) in [6, 6.07) is 39.9. The van der Waals surface area contributed by atoms with Crippen LogP contribution in [-0.2, 0) is 0 Å². The summed E-state index contributed by atoms with van der Waals surface area (Å²) in [6.07, 6.45) is 24.5. The van der Waals surface area contributed by atoms with Crippen LogP contribution in [0.5, 0.6) is 0 Å². The zero-order valence-electron chi connectivity index (χ0n) is 29.4. The number of rotatable bonds is 10. The number of aromatic nitrogens is 1. The van der Waals surface area contributed by atoms with E-state index in [1.807, 2.05) is 0 Å². The molecule has 0 amide bonds. The molecule has 2 nitrogen and oxygen atoms in total. The first-order valence-corrected chi connectivity index (χ1v) is 18.4. The van der Waals surface area contributed by atoms with Gasteiger partial charge in [-0.2, -0.15) is 0 Å². The molecule has 8 rings (SSSR count). The molecule has 0 spiro atoms. The van der Waals surface area contributed by atoms with Crippen LogP contribution in [0.3, 0.4) is 0 Å². The monoisotopic (exact) mass is 660 g/mol. The van der Waals surface area contributed by atoms with Crippen LogP contribution in [0.25, 0.3) is 55.3 Å². The average molecular weight is 661 g/mol. The van der Waals surface area contributed by atoms with Gasteiger partial charge in [-0.1, -0.05) is 160 Å². The molecule has 6 aromatic rings. The van der Waals surface area contributed by atoms with E-state index < -0.39 is 0 Å². The van der Waals surface area contributed by atoms with Gasteiger partial charge >= 0.3 is 0 Å². The quantitative estimate of drug-likeness (QED) is 0.145. The number of allylic oxidation sites excluding steroid dienone is 11. The molecule has 1 N–H and O–H groups in total. The predicted molar refractivity (Wildman–Crippen MR) is 222 cm³/mol. The van der Waals surface area contributed by atoms with Crippen LogP contribution in [0.15, 0.2) is 164 Å². The van der Waals surface area contributed by atoms with E-state index >= 15 is 0 Å². The Morgan fingerprint density at radius 1 is 0.725 bits per heavy atom. The van der Waals surface area contributed by atoms with Crippen LogP contribution in [0.4, 0.5) is 11.4 Å². The highest BCUT2D eigenvalue weighted by atomic mass is 15.0. The van der Waals surface area contributed by atoms with E-state index in [0.29, 0.717) is 0 Å². The zero-order valence-corrected chi connectivity index (χ0v) is 29.4. The summed E-state index contributed by atoms with van der Waals surface area (Å²) in [5.74, 6) is 0. The number of nitrogens with one attached hydrogen (secondary N) is 1. The van der Waals surface area contributed by atoms with Crippen LogP contribution in [0, 0.1) is 0 Å². The molecule has 2 aliphatic carbocycles. The third kappa shape index (κ3) is 6.23. The lowest BCUT2D eigenvalue weighted by atomic mass is 9.88. The van der Waals surface area contributed by atoms with Crippen molar-refractivity contribution < 1.29 is 0 Å². The first-order chi connectivity index (χ1) is 25.2. The Hall–Kier alpha value is -5.86. The molecule has 0 fully saturated rings. The van der Waals surface area contributed by atoms with Gasteiger partial charge in [-0.25, -0.2) is 0 Å². The van der Waals surface area contributed by atoms with Crippen LogP contribution in [0.2, 0.25) is 0 Å². The second-order valence-electron chi connectivity index (χ2n) is 13.5. The number of unbranched alkanes of at least 4 members (excludes halogenated alkanes) is 1. The first kappa shape index (κ1) is 32.4. The molecule has 0 unspecified atom stereocenters. The number of hydrogen-bond donors (Lipinski definition) is 1. The Bertz CT molecular complexity index is 2370. The Labute approximate surface area is 302 Å². The van der Waals surface area contributed by atoms with Gasteiger partial charge in [0.25, 0.3) is 0 Å². The van der Waals surface area contributed by atoms with E-state index in [1.54, 1.807) is 0 Å². The van der Waals surface area contributed by atoms with E-state index in [0.717, 1.165) is 61.0 Å². The number of anilines is 2. The summed E-state index contributed by atoms with van der Waals surface area (Å²) < 4.78 is 2.51. The van der Waals surface area contributed by atoms with Crippen molar-refractivity contribution in [3.63, 3.8) is 0 Å². The lowest BCUT2D eigenvalue weighted by Crippen LogP contribution is -2.06. The van der Waals surface area contributed by atoms with E-state index in [9.17, 15) is 0 Å². The van der Waals surface area contributed by atoms with Crippen molar-refractivity contribution in [2.45, 2.75) is 45.4 Å². The molecular formula is C49H44N2. The molecule has 51 heavy (non-hydrogen) atoms. The van der Waals surface area contributed by atoms with Gasteiger partial charge < -0.3 is 9.88 Å². The SMILES string of the molecule is C=C(/C=C\CCC)c1ccccc1Nc1c(C2=CC=CCC2)cccc1-c1cccc(C2=CCCC=C2)c1-n1c2ccccc2c2ccccc21. The van der Waals surface area contributed by atoms with E-state index in [4.69, 9.17) is 0 Å². The van der Waals surface area contributed by atoms with Crippen LogP contribution in [0.1, 0.15) is 62.1 Å². The maximum Gasteiger partial charge on any atom is 0.0619 e. The Morgan fingerprint density at radius 2 is 1.43 bits per heavy atom. The zero-order chi connectivity index (χ0) is 34.6. The minimum absolute atomic E-state index is 1.00. The highest BCUT2D eigenvalue weighted by molar-refractivity contribution is 6.11. The molecule has 250 valence electrons. The molecule has 0 aliphatic heterocycles. The Balaban J connectivity index is 1.42. The molecular weight excluding hydrogens is 617 g/mol. The summed E-state index contributed by atoms with van der Waals surface area (Å²) in [4.78, 5) is 0. The average Bonchev–Trinajstić information content (AvgIpc) is 3.53. The Kier molecular flexibility index (Phi) is 9.23. The number of fused-ring (bicyclic) bond motifs is 3. The minimum Gasteiger partial charge on any atom is -0.354 e. The fourth-order valence-electron chi connectivity index (χ4n) is 7.71. The summed E-state index contributed by atoms with van der Waals surface area (Å²) in [5, 5.41) is 6.55. The fourth-order valence-corrected chi connectivity index (χ4v) is 7.71. The van der Waals surface area contributed by atoms with Crippen molar-refractivity contribution in [1.82, 2.24) is 4.57 Å². The molecule has 1 heterocycles. The van der Waals surface area contributed by atoms with E-state index in [2.05, 4.69) is 181 Å². The summed E-state index contributed by atoms with van der Waals surface area (Å²) in [5.41, 5.74) is 15.3. The smallest absolute Gasteiger partial charge is 0.0619 e. The summed E-state index contributed by atoms with van der Waals surface area (Å²) >= 11 is 0. The molecule has 0 atom stereocenters. The molecule has 2 aliphatic rings. The van der Waals surface area contributed by atoms with Crippen molar-refractivity contribution >= 4 is 49.9 Å². The molecule has 0 saturated heterocycles. The van der Waals surface area contributed by atoms with Crippen LogP contribution >= 0.6 is 0 Å². The summed E-state index contributed by atoms with van der Waals surface area (Å²) in [6.45, 7) is 6.71. The van der Waals surface area contributed by atoms with Crippen molar-refractivity contribution in [3.8, 4) is 16.8 Å². The van der Waals surface area contributed by atoms with Crippen molar-refractivity contribution in [2.24, 2.45) is 0 Å². The topological polar surface area (TPSA) is 17.0 Å². The second kappa shape index (κ2) is 14.5. The maximum atomic E-state index is 4.50. The van der Waals surface area contributed by atoms with E-state index in [-0.39, 0.29) is 0 Å². The van der Waals surface area contributed by atoms with Gasteiger partial charge in [0.2, 0.25) is 0 Å². The van der Waals surface area contributed by atoms with Gasteiger partial charge in [-0.3, -0.25) is 0 Å². The van der Waals surface area contributed by atoms with Gasteiger partial charge in [0, 0.05) is 44.3 Å². The highest BCUT2D eigenvalue weighted by Crippen LogP contribution is 2.45. The lowest BCUT2D eigenvalue weighted by molar-refractivity contribution is 0.959.